The summed E-state index contributed by atoms with van der Waals surface area (Å²) >= 11 is 11.9. The minimum absolute atomic E-state index is 0.0273. The highest BCUT2D eigenvalue weighted by Gasteiger charge is 2.15. The Morgan fingerprint density at radius 3 is 2.38 bits per heavy atom. The van der Waals surface area contributed by atoms with Gasteiger partial charge < -0.3 is 5.11 Å². The van der Waals surface area contributed by atoms with Crippen LogP contribution in [0, 0.1) is 6.92 Å². The number of carboxylic acids is 1. The topological polar surface area (TPSA) is 54.4 Å². The third kappa shape index (κ3) is 5.26. The number of carbonyl (C=O) groups is 2. The Balaban J connectivity index is 1.80. The van der Waals surface area contributed by atoms with Crippen LogP contribution in [0.4, 0.5) is 0 Å². The average molecular weight is 427 g/mol. The van der Waals surface area contributed by atoms with Crippen LogP contribution < -0.4 is 0 Å². The zero-order valence-electron chi connectivity index (χ0n) is 15.9. The van der Waals surface area contributed by atoms with Gasteiger partial charge in [-0.2, -0.15) is 0 Å². The third-order valence-electron chi connectivity index (χ3n) is 4.86. The maximum Gasteiger partial charge on any atom is 0.335 e. The Kier molecular flexibility index (Phi) is 6.73. The van der Waals surface area contributed by atoms with Crippen molar-refractivity contribution < 1.29 is 14.7 Å². The van der Waals surface area contributed by atoms with E-state index in [0.29, 0.717) is 28.5 Å². The Hall–Kier alpha value is -2.62. The molecule has 0 aliphatic rings. The highest BCUT2D eigenvalue weighted by Crippen LogP contribution is 2.27. The number of hydrogen-bond donors (Lipinski definition) is 1. The molecular weight excluding hydrogens is 407 g/mol. The zero-order valence-corrected chi connectivity index (χ0v) is 17.4. The van der Waals surface area contributed by atoms with Gasteiger partial charge in [0.2, 0.25) is 0 Å². The summed E-state index contributed by atoms with van der Waals surface area (Å²) in [5, 5.41) is 10.4. The van der Waals surface area contributed by atoms with Crippen molar-refractivity contribution in [3.63, 3.8) is 0 Å². The number of carboxylic acid groups (broad SMARTS) is 1. The lowest BCUT2D eigenvalue weighted by molar-refractivity contribution is -0.118. The Morgan fingerprint density at radius 2 is 1.69 bits per heavy atom. The van der Waals surface area contributed by atoms with Gasteiger partial charge in [0.15, 0.2) is 0 Å². The second-order valence-electron chi connectivity index (χ2n) is 6.96. The number of rotatable bonds is 7. The summed E-state index contributed by atoms with van der Waals surface area (Å²) in [6.45, 7) is 2.00. The van der Waals surface area contributed by atoms with E-state index in [1.54, 1.807) is 24.3 Å². The molecule has 0 spiro atoms. The molecule has 5 heteroatoms. The van der Waals surface area contributed by atoms with Crippen LogP contribution in [-0.4, -0.2) is 16.9 Å². The number of Topliss-reactive ketones (excluding diaryl/α,β-unsaturated/α-hetero) is 1. The normalized spacial score (nSPS) is 10.7. The largest absolute Gasteiger partial charge is 0.478 e. The highest BCUT2D eigenvalue weighted by atomic mass is 35.5. The second-order valence-corrected chi connectivity index (χ2v) is 7.77. The number of aromatic carboxylic acids is 1. The molecule has 3 nitrogen and oxygen atoms in total. The molecule has 0 unspecified atom stereocenters. The van der Waals surface area contributed by atoms with Crippen molar-refractivity contribution in [3.05, 3.63) is 93.0 Å². The molecule has 0 aromatic heterocycles. The smallest absolute Gasteiger partial charge is 0.335 e. The monoisotopic (exact) mass is 426 g/mol. The van der Waals surface area contributed by atoms with Gasteiger partial charge in [-0.05, 0) is 65.4 Å². The quantitative estimate of drug-likeness (QED) is 0.474. The molecule has 1 N–H and O–H groups in total. The molecule has 0 aliphatic carbocycles. The van der Waals surface area contributed by atoms with Crippen molar-refractivity contribution in [1.82, 2.24) is 0 Å². The van der Waals surface area contributed by atoms with E-state index in [2.05, 4.69) is 0 Å². The third-order valence-corrected chi connectivity index (χ3v) is 5.59. The van der Waals surface area contributed by atoms with E-state index in [0.717, 1.165) is 22.3 Å². The fourth-order valence-electron chi connectivity index (χ4n) is 3.29. The number of carbonyl (C=O) groups excluding carboxylic acids is 1. The molecule has 3 aromatic carbocycles. The van der Waals surface area contributed by atoms with Crippen LogP contribution in [0.3, 0.4) is 0 Å². The Labute approximate surface area is 179 Å². The van der Waals surface area contributed by atoms with Crippen LogP contribution in [0.25, 0.3) is 11.1 Å². The average Bonchev–Trinajstić information content (AvgIpc) is 2.69. The van der Waals surface area contributed by atoms with Crippen molar-refractivity contribution in [2.75, 3.05) is 0 Å². The molecule has 0 saturated heterocycles. The van der Waals surface area contributed by atoms with E-state index in [1.165, 1.54) is 0 Å². The van der Waals surface area contributed by atoms with E-state index in [1.807, 2.05) is 43.3 Å². The number of halogens is 2. The SMILES string of the molecule is Cc1ccccc1-c1ccc(C(=O)O)c(CC(=O)CCc2ccc(Cl)c(Cl)c2)c1. The summed E-state index contributed by atoms with van der Waals surface area (Å²) in [6.07, 6.45) is 0.893. The van der Waals surface area contributed by atoms with E-state index >= 15 is 0 Å². The summed E-state index contributed by atoms with van der Waals surface area (Å²) in [5.41, 5.74) is 4.62. The first-order valence-electron chi connectivity index (χ1n) is 9.23. The predicted molar refractivity (Wildman–Crippen MR) is 117 cm³/mol. The minimum atomic E-state index is -1.03. The lowest BCUT2D eigenvalue weighted by atomic mass is 9.93. The fraction of sp³-hybridized carbons (Fsp3) is 0.167. The first kappa shape index (κ1) is 21.1. The van der Waals surface area contributed by atoms with Gasteiger partial charge in [-0.3, -0.25) is 4.79 Å². The summed E-state index contributed by atoms with van der Waals surface area (Å²) in [6, 6.07) is 18.3. The van der Waals surface area contributed by atoms with Gasteiger partial charge in [-0.25, -0.2) is 4.79 Å². The summed E-state index contributed by atoms with van der Waals surface area (Å²) < 4.78 is 0. The van der Waals surface area contributed by atoms with Crippen LogP contribution in [0.15, 0.2) is 60.7 Å². The molecule has 0 fully saturated rings. The number of benzene rings is 3. The molecule has 0 amide bonds. The molecule has 148 valence electrons. The van der Waals surface area contributed by atoms with Gasteiger partial charge in [-0.15, -0.1) is 0 Å². The molecule has 0 atom stereocenters. The molecule has 0 saturated carbocycles. The van der Waals surface area contributed by atoms with Crippen molar-refractivity contribution in [2.24, 2.45) is 0 Å². The second kappa shape index (κ2) is 9.25. The lowest BCUT2D eigenvalue weighted by Gasteiger charge is -2.11. The van der Waals surface area contributed by atoms with Crippen LogP contribution in [0.2, 0.25) is 10.0 Å². The van der Waals surface area contributed by atoms with Crippen LogP contribution in [0.1, 0.15) is 33.5 Å². The zero-order chi connectivity index (χ0) is 21.0. The van der Waals surface area contributed by atoms with Crippen molar-refractivity contribution in [1.29, 1.82) is 0 Å². The van der Waals surface area contributed by atoms with Gasteiger partial charge in [-0.1, -0.05) is 59.6 Å². The molecule has 29 heavy (non-hydrogen) atoms. The van der Waals surface area contributed by atoms with E-state index in [-0.39, 0.29) is 17.8 Å². The van der Waals surface area contributed by atoms with E-state index in [4.69, 9.17) is 23.2 Å². The summed E-state index contributed by atoms with van der Waals surface area (Å²) in [4.78, 5) is 24.2. The number of hydrogen-bond acceptors (Lipinski definition) is 2. The van der Waals surface area contributed by atoms with Gasteiger partial charge in [0.25, 0.3) is 0 Å². The maximum atomic E-state index is 12.6. The number of aryl methyl sites for hydroxylation is 2. The fourth-order valence-corrected chi connectivity index (χ4v) is 3.61. The predicted octanol–water partition coefficient (Wildman–Crippen LogP) is 6.41. The Bertz CT molecular complexity index is 1070. The molecule has 0 bridgehead atoms. The summed E-state index contributed by atoms with van der Waals surface area (Å²) in [5.74, 6) is -1.06. The van der Waals surface area contributed by atoms with Crippen LogP contribution >= 0.6 is 23.2 Å². The van der Waals surface area contributed by atoms with E-state index < -0.39 is 5.97 Å². The first-order chi connectivity index (χ1) is 13.8. The lowest BCUT2D eigenvalue weighted by Crippen LogP contribution is -2.10. The van der Waals surface area contributed by atoms with Gasteiger partial charge in [0.1, 0.15) is 5.78 Å². The van der Waals surface area contributed by atoms with Crippen molar-refractivity contribution in [2.45, 2.75) is 26.2 Å². The van der Waals surface area contributed by atoms with Gasteiger partial charge >= 0.3 is 5.97 Å². The number of ketones is 1. The van der Waals surface area contributed by atoms with Crippen LogP contribution in [-0.2, 0) is 17.6 Å². The molecule has 0 heterocycles. The molecule has 3 rings (SSSR count). The van der Waals surface area contributed by atoms with Gasteiger partial charge in [0.05, 0.1) is 15.6 Å². The van der Waals surface area contributed by atoms with Crippen LogP contribution in [0.5, 0.6) is 0 Å². The molecule has 0 radical (unpaired) electrons. The summed E-state index contributed by atoms with van der Waals surface area (Å²) in [7, 11) is 0. The standard InChI is InChI=1S/C24H20Cl2O3/c1-15-4-2-3-5-20(15)17-8-10-21(24(28)29)18(13-17)14-19(27)9-6-16-7-11-22(25)23(26)12-16/h2-5,7-8,10-13H,6,9,14H2,1H3,(H,28,29). The minimum Gasteiger partial charge on any atom is -0.478 e. The van der Waals surface area contributed by atoms with E-state index in [9.17, 15) is 14.7 Å². The van der Waals surface area contributed by atoms with Gasteiger partial charge in [0, 0.05) is 12.8 Å². The van der Waals surface area contributed by atoms with Crippen molar-refractivity contribution in [3.8, 4) is 11.1 Å². The molecular formula is C24H20Cl2O3. The van der Waals surface area contributed by atoms with Crippen molar-refractivity contribution >= 4 is 35.0 Å². The Morgan fingerprint density at radius 1 is 0.931 bits per heavy atom. The first-order valence-corrected chi connectivity index (χ1v) is 9.98. The highest BCUT2D eigenvalue weighted by molar-refractivity contribution is 6.42. The molecule has 3 aromatic rings. The molecule has 0 aliphatic heterocycles. The maximum absolute atomic E-state index is 12.6.